The van der Waals surface area contributed by atoms with Crippen LogP contribution in [0.25, 0.3) is 5.65 Å². The van der Waals surface area contributed by atoms with Crippen LogP contribution in [0.5, 0.6) is 0 Å². The first-order valence-electron chi connectivity index (χ1n) is 7.16. The minimum Gasteiger partial charge on any atom is -0.398 e. The van der Waals surface area contributed by atoms with Crippen LogP contribution in [0, 0.1) is 6.92 Å². The number of pyridine rings is 1. The van der Waals surface area contributed by atoms with Gasteiger partial charge in [-0.15, -0.1) is 5.10 Å². The van der Waals surface area contributed by atoms with E-state index < -0.39 is 0 Å². The van der Waals surface area contributed by atoms with E-state index in [9.17, 15) is 0 Å². The molecule has 3 heterocycles. The Morgan fingerprint density at radius 3 is 2.86 bits per heavy atom. The molecular weight excluding hydrogens is 262 g/mol. The molecule has 3 aromatic rings. The molecule has 0 saturated heterocycles. The van der Waals surface area contributed by atoms with E-state index in [0.29, 0.717) is 0 Å². The van der Waals surface area contributed by atoms with Gasteiger partial charge in [0.25, 0.3) is 0 Å². The Kier molecular flexibility index (Phi) is 2.60. The molecule has 21 heavy (non-hydrogen) atoms. The zero-order chi connectivity index (χ0) is 14.4. The standard InChI is InChI=1S/C16H17N5/c1-11-4-2-7-15-18-16(19-21(11)15)20-9-8-13-12(10-20)5-3-6-14(13)17/h2-7H,8-10,17H2,1H3. The zero-order valence-corrected chi connectivity index (χ0v) is 12.0. The average molecular weight is 279 g/mol. The van der Waals surface area contributed by atoms with Gasteiger partial charge < -0.3 is 10.6 Å². The van der Waals surface area contributed by atoms with Crippen molar-refractivity contribution in [2.24, 2.45) is 0 Å². The van der Waals surface area contributed by atoms with Crippen molar-refractivity contribution in [2.45, 2.75) is 19.9 Å². The summed E-state index contributed by atoms with van der Waals surface area (Å²) in [6, 6.07) is 12.2. The van der Waals surface area contributed by atoms with Crippen molar-refractivity contribution in [3.8, 4) is 0 Å². The third-order valence-electron chi connectivity index (χ3n) is 4.12. The number of benzene rings is 1. The third-order valence-corrected chi connectivity index (χ3v) is 4.12. The van der Waals surface area contributed by atoms with Crippen molar-refractivity contribution < 1.29 is 0 Å². The Balaban J connectivity index is 1.72. The molecular formula is C16H17N5. The van der Waals surface area contributed by atoms with Crippen LogP contribution < -0.4 is 10.6 Å². The molecule has 0 atom stereocenters. The highest BCUT2D eigenvalue weighted by Gasteiger charge is 2.21. The monoisotopic (exact) mass is 279 g/mol. The fraction of sp³-hybridized carbons (Fsp3) is 0.250. The molecule has 0 spiro atoms. The van der Waals surface area contributed by atoms with Gasteiger partial charge >= 0.3 is 0 Å². The molecule has 0 radical (unpaired) electrons. The van der Waals surface area contributed by atoms with Crippen molar-refractivity contribution in [1.82, 2.24) is 14.6 Å². The van der Waals surface area contributed by atoms with Crippen molar-refractivity contribution >= 4 is 17.3 Å². The molecule has 0 bridgehead atoms. The Morgan fingerprint density at radius 2 is 2.00 bits per heavy atom. The van der Waals surface area contributed by atoms with Gasteiger partial charge in [0.15, 0.2) is 5.65 Å². The maximum Gasteiger partial charge on any atom is 0.245 e. The van der Waals surface area contributed by atoms with E-state index in [1.165, 1.54) is 11.1 Å². The summed E-state index contributed by atoms with van der Waals surface area (Å²) in [6.07, 6.45) is 0.941. The SMILES string of the molecule is Cc1cccc2nc(N3CCc4c(N)cccc4C3)nn12. The van der Waals surface area contributed by atoms with E-state index in [-0.39, 0.29) is 0 Å². The first-order chi connectivity index (χ1) is 10.2. The molecule has 0 aliphatic carbocycles. The van der Waals surface area contributed by atoms with Crippen LogP contribution in [0.15, 0.2) is 36.4 Å². The number of hydrogen-bond donors (Lipinski definition) is 1. The number of aromatic nitrogens is 3. The number of nitrogens with two attached hydrogens (primary N) is 1. The van der Waals surface area contributed by atoms with Crippen LogP contribution in [-0.4, -0.2) is 21.1 Å². The van der Waals surface area contributed by atoms with Crippen molar-refractivity contribution in [3.63, 3.8) is 0 Å². The summed E-state index contributed by atoms with van der Waals surface area (Å²) in [6.45, 7) is 3.76. The number of hydrogen-bond acceptors (Lipinski definition) is 4. The molecule has 0 saturated carbocycles. The highest BCUT2D eigenvalue weighted by molar-refractivity contribution is 5.55. The van der Waals surface area contributed by atoms with Gasteiger partial charge in [-0.05, 0) is 42.7 Å². The summed E-state index contributed by atoms with van der Waals surface area (Å²) < 4.78 is 1.89. The lowest BCUT2D eigenvalue weighted by atomic mass is 9.98. The summed E-state index contributed by atoms with van der Waals surface area (Å²) >= 11 is 0. The van der Waals surface area contributed by atoms with Gasteiger partial charge in [0.1, 0.15) is 0 Å². The molecule has 1 aliphatic rings. The molecule has 2 aromatic heterocycles. The van der Waals surface area contributed by atoms with Crippen molar-refractivity contribution in [2.75, 3.05) is 17.2 Å². The third kappa shape index (κ3) is 1.93. The molecule has 106 valence electrons. The molecule has 1 aromatic carbocycles. The van der Waals surface area contributed by atoms with Crippen LogP contribution in [0.2, 0.25) is 0 Å². The van der Waals surface area contributed by atoms with Crippen LogP contribution in [0.1, 0.15) is 16.8 Å². The highest BCUT2D eigenvalue weighted by Crippen LogP contribution is 2.26. The van der Waals surface area contributed by atoms with Crippen LogP contribution >= 0.6 is 0 Å². The molecule has 1 aliphatic heterocycles. The van der Waals surface area contributed by atoms with Crippen LogP contribution in [0.3, 0.4) is 0 Å². The molecule has 4 rings (SSSR count). The van der Waals surface area contributed by atoms with E-state index in [4.69, 9.17) is 5.73 Å². The Morgan fingerprint density at radius 1 is 1.14 bits per heavy atom. The maximum atomic E-state index is 6.05. The van der Waals surface area contributed by atoms with Crippen molar-refractivity contribution in [1.29, 1.82) is 0 Å². The summed E-state index contributed by atoms with van der Waals surface area (Å²) in [4.78, 5) is 6.86. The smallest absolute Gasteiger partial charge is 0.245 e. The van der Waals surface area contributed by atoms with Gasteiger partial charge in [-0.2, -0.15) is 4.98 Å². The van der Waals surface area contributed by atoms with Gasteiger partial charge in [0.05, 0.1) is 0 Å². The fourth-order valence-corrected chi connectivity index (χ4v) is 2.97. The number of nitrogens with zero attached hydrogens (tertiary/aromatic N) is 4. The van der Waals surface area contributed by atoms with E-state index in [1.807, 2.05) is 41.8 Å². The quantitative estimate of drug-likeness (QED) is 0.694. The molecule has 0 fully saturated rings. The van der Waals surface area contributed by atoms with Gasteiger partial charge in [-0.1, -0.05) is 18.2 Å². The lowest BCUT2D eigenvalue weighted by molar-refractivity contribution is 0.706. The topological polar surface area (TPSA) is 59.5 Å². The summed E-state index contributed by atoms with van der Waals surface area (Å²) in [5, 5.41) is 4.63. The average Bonchev–Trinajstić information content (AvgIpc) is 2.93. The second-order valence-electron chi connectivity index (χ2n) is 5.51. The zero-order valence-electron chi connectivity index (χ0n) is 12.0. The Bertz CT molecular complexity index is 821. The molecule has 2 N–H and O–H groups in total. The summed E-state index contributed by atoms with van der Waals surface area (Å²) in [5.41, 5.74) is 11.5. The number of aryl methyl sites for hydroxylation is 1. The summed E-state index contributed by atoms with van der Waals surface area (Å²) in [7, 11) is 0. The van der Waals surface area contributed by atoms with Gasteiger partial charge in [0, 0.05) is 24.5 Å². The first kappa shape index (κ1) is 12.2. The highest BCUT2D eigenvalue weighted by atomic mass is 15.4. The number of rotatable bonds is 1. The lowest BCUT2D eigenvalue weighted by Crippen LogP contribution is -2.31. The molecule has 5 heteroatoms. The molecule has 0 unspecified atom stereocenters. The summed E-state index contributed by atoms with van der Waals surface area (Å²) in [5.74, 6) is 0.789. The van der Waals surface area contributed by atoms with Crippen LogP contribution in [0.4, 0.5) is 11.6 Å². The van der Waals surface area contributed by atoms with E-state index in [0.717, 1.165) is 42.5 Å². The molecule has 0 amide bonds. The minimum absolute atomic E-state index is 0.789. The van der Waals surface area contributed by atoms with E-state index in [1.54, 1.807) is 0 Å². The largest absolute Gasteiger partial charge is 0.398 e. The Labute approximate surface area is 123 Å². The number of fused-ring (bicyclic) bond motifs is 2. The molecule has 5 nitrogen and oxygen atoms in total. The van der Waals surface area contributed by atoms with Gasteiger partial charge in [0.2, 0.25) is 5.95 Å². The normalized spacial score (nSPS) is 14.4. The first-order valence-corrected chi connectivity index (χ1v) is 7.16. The van der Waals surface area contributed by atoms with Crippen LogP contribution in [-0.2, 0) is 13.0 Å². The fourth-order valence-electron chi connectivity index (χ4n) is 2.97. The van der Waals surface area contributed by atoms with E-state index >= 15 is 0 Å². The number of anilines is 2. The number of nitrogen functional groups attached to an aromatic ring is 1. The van der Waals surface area contributed by atoms with Crippen molar-refractivity contribution in [3.05, 3.63) is 53.2 Å². The minimum atomic E-state index is 0.789. The Hall–Kier alpha value is -2.56. The van der Waals surface area contributed by atoms with Gasteiger partial charge in [-0.3, -0.25) is 0 Å². The second-order valence-corrected chi connectivity index (χ2v) is 5.51. The lowest BCUT2D eigenvalue weighted by Gasteiger charge is -2.28. The second kappa shape index (κ2) is 4.48. The maximum absolute atomic E-state index is 6.05. The predicted octanol–water partition coefficient (Wildman–Crippen LogP) is 2.18. The predicted molar refractivity (Wildman–Crippen MR) is 83.3 cm³/mol. The van der Waals surface area contributed by atoms with E-state index in [2.05, 4.69) is 21.0 Å². The van der Waals surface area contributed by atoms with Gasteiger partial charge in [-0.25, -0.2) is 4.52 Å².